The molecular formula is C13H20N2. The molecule has 82 valence electrons. The largest absolute Gasteiger partial charge is 0.374 e. The molecule has 1 aliphatic heterocycles. The number of rotatable bonds is 2. The maximum Gasteiger partial charge on any atom is 0.0403 e. The quantitative estimate of drug-likeness (QED) is 0.796. The predicted molar refractivity (Wildman–Crippen MR) is 65.6 cm³/mol. The molecule has 0 spiro atoms. The molecule has 15 heavy (non-hydrogen) atoms. The summed E-state index contributed by atoms with van der Waals surface area (Å²) in [5.41, 5.74) is 4.27. The fraction of sp³-hybridized carbons (Fsp3) is 0.538. The zero-order chi connectivity index (χ0) is 11.0. The van der Waals surface area contributed by atoms with Gasteiger partial charge in [0.1, 0.15) is 0 Å². The number of nitrogens with one attached hydrogen (secondary N) is 1. The van der Waals surface area contributed by atoms with Gasteiger partial charge in [0.05, 0.1) is 0 Å². The maximum absolute atomic E-state index is 3.28. The highest BCUT2D eigenvalue weighted by Crippen LogP contribution is 2.36. The van der Waals surface area contributed by atoms with Crippen molar-refractivity contribution < 1.29 is 0 Å². The van der Waals surface area contributed by atoms with Gasteiger partial charge in [-0.2, -0.15) is 0 Å². The number of nitrogens with zero attached hydrogens (tertiary/aromatic N) is 1. The molecule has 0 aliphatic carbocycles. The lowest BCUT2D eigenvalue weighted by Crippen LogP contribution is -2.15. The average molecular weight is 204 g/mol. The van der Waals surface area contributed by atoms with Crippen LogP contribution < -0.4 is 10.2 Å². The van der Waals surface area contributed by atoms with Crippen LogP contribution in [0.1, 0.15) is 36.9 Å². The highest BCUT2D eigenvalue weighted by Gasteiger charge is 2.23. The molecule has 1 N–H and O–H groups in total. The molecule has 0 amide bonds. The van der Waals surface area contributed by atoms with E-state index in [-0.39, 0.29) is 0 Å². The number of hydrogen-bond donors (Lipinski definition) is 1. The van der Waals surface area contributed by atoms with Crippen LogP contribution in [0, 0.1) is 0 Å². The highest BCUT2D eigenvalue weighted by molar-refractivity contribution is 5.61. The van der Waals surface area contributed by atoms with Crippen LogP contribution in [0.15, 0.2) is 18.2 Å². The second kappa shape index (κ2) is 3.86. The molecule has 1 aromatic rings. The van der Waals surface area contributed by atoms with Crippen LogP contribution in [0.2, 0.25) is 0 Å². The number of hydrogen-bond acceptors (Lipinski definition) is 2. The smallest absolute Gasteiger partial charge is 0.0403 e. The lowest BCUT2D eigenvalue weighted by molar-refractivity contribution is 0.652. The van der Waals surface area contributed by atoms with Crippen molar-refractivity contribution >= 4 is 5.69 Å². The first-order valence-electron chi connectivity index (χ1n) is 5.65. The van der Waals surface area contributed by atoms with Gasteiger partial charge in [0, 0.05) is 31.2 Å². The van der Waals surface area contributed by atoms with E-state index in [1.165, 1.54) is 16.8 Å². The van der Waals surface area contributed by atoms with Crippen LogP contribution in [0.4, 0.5) is 5.69 Å². The molecule has 0 fully saturated rings. The van der Waals surface area contributed by atoms with E-state index in [0.29, 0.717) is 12.0 Å². The third-order valence-corrected chi connectivity index (χ3v) is 3.48. The van der Waals surface area contributed by atoms with Crippen molar-refractivity contribution in [3.05, 3.63) is 29.3 Å². The van der Waals surface area contributed by atoms with E-state index in [9.17, 15) is 0 Å². The van der Waals surface area contributed by atoms with Gasteiger partial charge in [-0.3, -0.25) is 0 Å². The zero-order valence-corrected chi connectivity index (χ0v) is 10.0. The monoisotopic (exact) mass is 204 g/mol. The van der Waals surface area contributed by atoms with E-state index in [1.54, 1.807) is 0 Å². The third-order valence-electron chi connectivity index (χ3n) is 3.48. The Morgan fingerprint density at radius 3 is 2.87 bits per heavy atom. The van der Waals surface area contributed by atoms with Crippen LogP contribution in [-0.2, 0) is 0 Å². The number of benzene rings is 1. The summed E-state index contributed by atoms with van der Waals surface area (Å²) in [7, 11) is 4.18. The van der Waals surface area contributed by atoms with Gasteiger partial charge in [-0.25, -0.2) is 0 Å². The molecule has 0 radical (unpaired) electrons. The molecule has 2 atom stereocenters. The van der Waals surface area contributed by atoms with Crippen LogP contribution >= 0.6 is 0 Å². The number of likely N-dealkylation sites (N-methyl/N-ethyl adjacent to an activating group) is 1. The lowest BCUT2D eigenvalue weighted by Gasteiger charge is -2.16. The van der Waals surface area contributed by atoms with Crippen molar-refractivity contribution in [3.8, 4) is 0 Å². The lowest BCUT2D eigenvalue weighted by atomic mass is 9.99. The molecule has 0 saturated heterocycles. The second-order valence-corrected chi connectivity index (χ2v) is 4.61. The summed E-state index contributed by atoms with van der Waals surface area (Å²) in [6.45, 7) is 5.64. The molecular weight excluding hydrogens is 184 g/mol. The van der Waals surface area contributed by atoms with Crippen molar-refractivity contribution in [2.75, 3.05) is 25.5 Å². The molecule has 0 saturated carbocycles. The molecule has 2 unspecified atom stereocenters. The highest BCUT2D eigenvalue weighted by atomic mass is 15.1. The van der Waals surface area contributed by atoms with Crippen molar-refractivity contribution in [2.45, 2.75) is 25.8 Å². The molecule has 1 aliphatic rings. The summed E-state index contributed by atoms with van der Waals surface area (Å²) in [5.74, 6) is 0.670. The average Bonchev–Trinajstić information content (AvgIpc) is 2.53. The fourth-order valence-electron chi connectivity index (χ4n) is 2.35. The predicted octanol–water partition coefficient (Wildman–Crippen LogP) is 2.52. The SMILES string of the molecule is CNC(C)c1ccc2c(c1)N(C)CC2C. The van der Waals surface area contributed by atoms with Gasteiger partial charge in [0.25, 0.3) is 0 Å². The molecule has 0 bridgehead atoms. The van der Waals surface area contributed by atoms with Crippen LogP contribution in [-0.4, -0.2) is 20.6 Å². The van der Waals surface area contributed by atoms with Crippen molar-refractivity contribution in [1.82, 2.24) is 5.32 Å². The summed E-state index contributed by atoms with van der Waals surface area (Å²) >= 11 is 0. The summed E-state index contributed by atoms with van der Waals surface area (Å²) < 4.78 is 0. The summed E-state index contributed by atoms with van der Waals surface area (Å²) in [6.07, 6.45) is 0. The molecule has 1 aromatic carbocycles. The Morgan fingerprint density at radius 1 is 1.47 bits per heavy atom. The molecule has 0 aromatic heterocycles. The summed E-state index contributed by atoms with van der Waals surface area (Å²) in [6, 6.07) is 7.28. The van der Waals surface area contributed by atoms with Gasteiger partial charge in [-0.05, 0) is 31.2 Å². The molecule has 1 heterocycles. The Hall–Kier alpha value is -1.02. The Morgan fingerprint density at radius 2 is 2.20 bits per heavy atom. The third kappa shape index (κ3) is 1.74. The van der Waals surface area contributed by atoms with Crippen LogP contribution in [0.5, 0.6) is 0 Å². The molecule has 2 nitrogen and oxygen atoms in total. The normalized spacial score (nSPS) is 21.6. The first kappa shape index (κ1) is 10.5. The minimum Gasteiger partial charge on any atom is -0.374 e. The van der Waals surface area contributed by atoms with Crippen molar-refractivity contribution in [3.63, 3.8) is 0 Å². The van der Waals surface area contributed by atoms with Gasteiger partial charge in [0.15, 0.2) is 0 Å². The Kier molecular flexibility index (Phi) is 2.70. The number of anilines is 1. The van der Waals surface area contributed by atoms with Gasteiger partial charge < -0.3 is 10.2 Å². The summed E-state index contributed by atoms with van der Waals surface area (Å²) in [4.78, 5) is 2.35. The molecule has 2 heteroatoms. The van der Waals surface area contributed by atoms with Crippen LogP contribution in [0.25, 0.3) is 0 Å². The van der Waals surface area contributed by atoms with E-state index in [2.05, 4.69) is 49.3 Å². The fourth-order valence-corrected chi connectivity index (χ4v) is 2.35. The van der Waals surface area contributed by atoms with E-state index in [1.807, 2.05) is 7.05 Å². The van der Waals surface area contributed by atoms with E-state index >= 15 is 0 Å². The molecule has 2 rings (SSSR count). The minimum absolute atomic E-state index is 0.430. The second-order valence-electron chi connectivity index (χ2n) is 4.61. The van der Waals surface area contributed by atoms with Gasteiger partial charge in [0.2, 0.25) is 0 Å². The van der Waals surface area contributed by atoms with E-state index in [0.717, 1.165) is 6.54 Å². The van der Waals surface area contributed by atoms with Crippen LogP contribution in [0.3, 0.4) is 0 Å². The first-order valence-corrected chi connectivity index (χ1v) is 5.65. The summed E-state index contributed by atoms with van der Waals surface area (Å²) in [5, 5.41) is 3.28. The Balaban J connectivity index is 2.38. The maximum atomic E-state index is 3.28. The minimum atomic E-state index is 0.430. The van der Waals surface area contributed by atoms with E-state index < -0.39 is 0 Å². The Labute approximate surface area is 92.3 Å². The standard InChI is InChI=1S/C13H20N2/c1-9-8-15(4)13-7-11(10(2)14-3)5-6-12(9)13/h5-7,9-10,14H,8H2,1-4H3. The van der Waals surface area contributed by atoms with Crippen molar-refractivity contribution in [2.24, 2.45) is 0 Å². The topological polar surface area (TPSA) is 15.3 Å². The zero-order valence-electron chi connectivity index (χ0n) is 10.0. The first-order chi connectivity index (χ1) is 7.13. The van der Waals surface area contributed by atoms with Crippen molar-refractivity contribution in [1.29, 1.82) is 0 Å². The van der Waals surface area contributed by atoms with Gasteiger partial charge in [-0.15, -0.1) is 0 Å². The number of fused-ring (bicyclic) bond motifs is 1. The Bertz CT molecular complexity index is 360. The van der Waals surface area contributed by atoms with E-state index in [4.69, 9.17) is 0 Å². The van der Waals surface area contributed by atoms with Gasteiger partial charge >= 0.3 is 0 Å². The van der Waals surface area contributed by atoms with Gasteiger partial charge in [-0.1, -0.05) is 19.1 Å².